The van der Waals surface area contributed by atoms with Gasteiger partial charge >= 0.3 is 6.03 Å². The normalized spacial score (nSPS) is 9.96. The molecule has 23 heavy (non-hydrogen) atoms. The molecule has 5 nitrogen and oxygen atoms in total. The first-order chi connectivity index (χ1) is 11.2. The van der Waals surface area contributed by atoms with Crippen molar-refractivity contribution in [3.8, 4) is 0 Å². The zero-order valence-electron chi connectivity index (χ0n) is 13.1. The Morgan fingerprint density at radius 2 is 1.48 bits per heavy atom. The van der Waals surface area contributed by atoms with Crippen LogP contribution in [0.25, 0.3) is 0 Å². The van der Waals surface area contributed by atoms with E-state index >= 15 is 0 Å². The molecule has 3 N–H and O–H groups in total. The first kappa shape index (κ1) is 16.5. The molecular weight excluding hydrogens is 290 g/mol. The third-order valence-corrected chi connectivity index (χ3v) is 3.17. The Hall–Kier alpha value is -2.82. The molecule has 0 unspecified atom stereocenters. The Morgan fingerprint density at radius 1 is 0.870 bits per heavy atom. The van der Waals surface area contributed by atoms with Crippen LogP contribution >= 0.6 is 0 Å². The number of anilines is 2. The van der Waals surface area contributed by atoms with E-state index in [4.69, 9.17) is 0 Å². The predicted molar refractivity (Wildman–Crippen MR) is 92.5 cm³/mol. The van der Waals surface area contributed by atoms with Crippen molar-refractivity contribution in [2.45, 2.75) is 19.8 Å². The van der Waals surface area contributed by atoms with Gasteiger partial charge in [0.1, 0.15) is 0 Å². The number of rotatable bonds is 6. The Bertz CT molecular complexity index is 639. The van der Waals surface area contributed by atoms with Crippen LogP contribution in [0, 0.1) is 0 Å². The van der Waals surface area contributed by atoms with Gasteiger partial charge in [0.2, 0.25) is 5.91 Å². The lowest BCUT2D eigenvalue weighted by molar-refractivity contribution is -0.115. The lowest BCUT2D eigenvalue weighted by Crippen LogP contribution is -2.29. The highest BCUT2D eigenvalue weighted by Gasteiger charge is 2.05. The molecule has 0 atom stereocenters. The largest absolute Gasteiger partial charge is 0.338 e. The van der Waals surface area contributed by atoms with Gasteiger partial charge < -0.3 is 16.0 Å². The molecule has 120 valence electrons. The van der Waals surface area contributed by atoms with Gasteiger partial charge in [0, 0.05) is 17.9 Å². The van der Waals surface area contributed by atoms with E-state index in [2.05, 4.69) is 16.0 Å². The molecule has 0 aliphatic rings. The van der Waals surface area contributed by atoms with Crippen molar-refractivity contribution in [2.75, 3.05) is 17.2 Å². The minimum Gasteiger partial charge on any atom is -0.338 e. The Labute approximate surface area is 136 Å². The number of hydrogen-bond acceptors (Lipinski definition) is 2. The maximum Gasteiger partial charge on any atom is 0.319 e. The van der Waals surface area contributed by atoms with Crippen LogP contribution in [0.1, 0.15) is 18.9 Å². The molecule has 0 aliphatic carbocycles. The van der Waals surface area contributed by atoms with Crippen LogP contribution in [0.2, 0.25) is 0 Å². The van der Waals surface area contributed by atoms with Gasteiger partial charge in [-0.05, 0) is 36.2 Å². The van der Waals surface area contributed by atoms with Gasteiger partial charge in [0.25, 0.3) is 0 Å². The topological polar surface area (TPSA) is 70.2 Å². The number of hydrogen-bond donors (Lipinski definition) is 3. The standard InChI is InChI=1S/C18H21N3O2/c1-2-12-19-18(23)21-16-10-8-15(9-11-16)20-17(22)13-14-6-4-3-5-7-14/h3-11H,2,12-13H2,1H3,(H,20,22)(H2,19,21,23). The highest BCUT2D eigenvalue weighted by molar-refractivity contribution is 5.93. The summed E-state index contributed by atoms with van der Waals surface area (Å²) in [6.07, 6.45) is 1.22. The van der Waals surface area contributed by atoms with Crippen molar-refractivity contribution < 1.29 is 9.59 Å². The molecule has 2 rings (SSSR count). The Morgan fingerprint density at radius 3 is 2.09 bits per heavy atom. The minimum absolute atomic E-state index is 0.0717. The molecule has 0 aliphatic heterocycles. The van der Waals surface area contributed by atoms with E-state index < -0.39 is 0 Å². The summed E-state index contributed by atoms with van der Waals surface area (Å²) in [6.45, 7) is 2.63. The zero-order valence-corrected chi connectivity index (χ0v) is 13.1. The SMILES string of the molecule is CCCNC(=O)Nc1ccc(NC(=O)Cc2ccccc2)cc1. The molecule has 0 spiro atoms. The Kier molecular flexibility index (Phi) is 6.17. The number of carbonyl (C=O) groups is 2. The van der Waals surface area contributed by atoms with Crippen LogP contribution in [0.3, 0.4) is 0 Å². The summed E-state index contributed by atoms with van der Waals surface area (Å²) in [7, 11) is 0. The van der Waals surface area contributed by atoms with Gasteiger partial charge in [-0.25, -0.2) is 4.79 Å². The summed E-state index contributed by atoms with van der Waals surface area (Å²) < 4.78 is 0. The zero-order chi connectivity index (χ0) is 16.5. The molecule has 3 amide bonds. The first-order valence-corrected chi connectivity index (χ1v) is 7.66. The molecule has 0 radical (unpaired) electrons. The molecular formula is C18H21N3O2. The van der Waals surface area contributed by atoms with Crippen LogP contribution in [-0.2, 0) is 11.2 Å². The van der Waals surface area contributed by atoms with E-state index in [9.17, 15) is 9.59 Å². The molecule has 0 saturated heterocycles. The molecule has 0 aromatic heterocycles. The van der Waals surface area contributed by atoms with E-state index in [1.807, 2.05) is 37.3 Å². The highest BCUT2D eigenvalue weighted by Crippen LogP contribution is 2.14. The van der Waals surface area contributed by atoms with Gasteiger partial charge in [-0.2, -0.15) is 0 Å². The van der Waals surface area contributed by atoms with E-state index in [1.54, 1.807) is 24.3 Å². The predicted octanol–water partition coefficient (Wildman–Crippen LogP) is 3.40. The van der Waals surface area contributed by atoms with Crippen molar-refractivity contribution in [1.82, 2.24) is 5.32 Å². The average molecular weight is 311 g/mol. The molecule has 0 saturated carbocycles. The molecule has 0 heterocycles. The highest BCUT2D eigenvalue weighted by atomic mass is 16.2. The van der Waals surface area contributed by atoms with E-state index in [-0.39, 0.29) is 11.9 Å². The first-order valence-electron chi connectivity index (χ1n) is 7.66. The van der Waals surface area contributed by atoms with Crippen molar-refractivity contribution in [3.05, 3.63) is 60.2 Å². The second-order valence-electron chi connectivity index (χ2n) is 5.17. The third-order valence-electron chi connectivity index (χ3n) is 3.17. The quantitative estimate of drug-likeness (QED) is 0.765. The summed E-state index contributed by atoms with van der Waals surface area (Å²) in [4.78, 5) is 23.5. The van der Waals surface area contributed by atoms with Crippen molar-refractivity contribution in [3.63, 3.8) is 0 Å². The molecule has 5 heteroatoms. The van der Waals surface area contributed by atoms with Crippen LogP contribution in [0.5, 0.6) is 0 Å². The smallest absolute Gasteiger partial charge is 0.319 e. The summed E-state index contributed by atoms with van der Waals surface area (Å²) in [5.74, 6) is -0.0717. The number of benzene rings is 2. The lowest BCUT2D eigenvalue weighted by atomic mass is 10.1. The number of amides is 3. The van der Waals surface area contributed by atoms with Crippen LogP contribution < -0.4 is 16.0 Å². The maximum absolute atomic E-state index is 12.0. The fraction of sp³-hybridized carbons (Fsp3) is 0.222. The van der Waals surface area contributed by atoms with E-state index in [1.165, 1.54) is 0 Å². The van der Waals surface area contributed by atoms with Crippen molar-refractivity contribution >= 4 is 23.3 Å². The summed E-state index contributed by atoms with van der Waals surface area (Å²) in [6, 6.07) is 16.4. The molecule has 0 fully saturated rings. The number of carbonyl (C=O) groups excluding carboxylic acids is 2. The lowest BCUT2D eigenvalue weighted by Gasteiger charge is -2.09. The van der Waals surface area contributed by atoms with E-state index in [0.717, 1.165) is 12.0 Å². The summed E-state index contributed by atoms with van der Waals surface area (Å²) in [5.41, 5.74) is 2.35. The van der Waals surface area contributed by atoms with Crippen molar-refractivity contribution in [2.24, 2.45) is 0 Å². The molecule has 0 bridgehead atoms. The number of nitrogens with one attached hydrogen (secondary N) is 3. The maximum atomic E-state index is 12.0. The fourth-order valence-electron chi connectivity index (χ4n) is 2.04. The second-order valence-corrected chi connectivity index (χ2v) is 5.17. The molecule has 2 aromatic rings. The van der Waals surface area contributed by atoms with Gasteiger partial charge in [-0.3, -0.25) is 4.79 Å². The third kappa shape index (κ3) is 5.82. The van der Waals surface area contributed by atoms with Crippen LogP contribution in [0.4, 0.5) is 16.2 Å². The van der Waals surface area contributed by atoms with E-state index in [0.29, 0.717) is 24.3 Å². The van der Waals surface area contributed by atoms with Crippen LogP contribution in [0.15, 0.2) is 54.6 Å². The van der Waals surface area contributed by atoms with Crippen LogP contribution in [-0.4, -0.2) is 18.5 Å². The average Bonchev–Trinajstić information content (AvgIpc) is 2.55. The fourth-order valence-corrected chi connectivity index (χ4v) is 2.04. The summed E-state index contributed by atoms with van der Waals surface area (Å²) in [5, 5.41) is 8.31. The van der Waals surface area contributed by atoms with Gasteiger partial charge in [-0.15, -0.1) is 0 Å². The van der Waals surface area contributed by atoms with Gasteiger partial charge in [-0.1, -0.05) is 37.3 Å². The van der Waals surface area contributed by atoms with Gasteiger partial charge in [0.05, 0.1) is 6.42 Å². The second kappa shape index (κ2) is 8.58. The number of urea groups is 1. The minimum atomic E-state index is -0.229. The monoisotopic (exact) mass is 311 g/mol. The molecule has 2 aromatic carbocycles. The Balaban J connectivity index is 1.84. The van der Waals surface area contributed by atoms with Crippen molar-refractivity contribution in [1.29, 1.82) is 0 Å². The van der Waals surface area contributed by atoms with Gasteiger partial charge in [0.15, 0.2) is 0 Å². The summed E-state index contributed by atoms with van der Waals surface area (Å²) >= 11 is 0.